The number of amides is 1. The molecule has 2 aromatic rings. The Balaban J connectivity index is 2.15. The molecule has 0 bridgehead atoms. The van der Waals surface area contributed by atoms with E-state index in [-0.39, 0.29) is 17.8 Å². The topological polar surface area (TPSA) is 80.9 Å². The zero-order valence-corrected chi connectivity index (χ0v) is 10.4. The molecule has 1 heterocycles. The van der Waals surface area contributed by atoms with E-state index in [1.807, 2.05) is 0 Å². The number of benzene rings is 1. The highest BCUT2D eigenvalue weighted by Gasteiger charge is 2.08. The van der Waals surface area contributed by atoms with Crippen molar-refractivity contribution in [1.29, 1.82) is 0 Å². The van der Waals surface area contributed by atoms with Crippen molar-refractivity contribution in [3.05, 3.63) is 53.9 Å². The van der Waals surface area contributed by atoms with Crippen LogP contribution in [0.5, 0.6) is 0 Å². The quantitative estimate of drug-likeness (QED) is 0.803. The predicted molar refractivity (Wildman–Crippen MR) is 72.3 cm³/mol. The number of hydrogen-bond acceptors (Lipinski definition) is 4. The van der Waals surface area contributed by atoms with Gasteiger partial charge in [0.1, 0.15) is 11.5 Å². The molecule has 0 spiro atoms. The van der Waals surface area contributed by atoms with Gasteiger partial charge < -0.3 is 11.1 Å². The first kappa shape index (κ1) is 13.6. The first-order valence-corrected chi connectivity index (χ1v) is 5.76. The molecule has 0 unspecified atom stereocenters. The zero-order valence-electron chi connectivity index (χ0n) is 10.4. The number of carbonyl (C=O) groups is 1. The van der Waals surface area contributed by atoms with Crippen molar-refractivity contribution in [1.82, 2.24) is 9.97 Å². The minimum Gasteiger partial charge on any atom is -0.321 e. The Morgan fingerprint density at radius 2 is 2.25 bits per heavy atom. The zero-order chi connectivity index (χ0) is 14.4. The summed E-state index contributed by atoms with van der Waals surface area (Å²) in [7, 11) is 0. The Morgan fingerprint density at radius 3 is 2.90 bits per heavy atom. The molecule has 0 aliphatic heterocycles. The lowest BCUT2D eigenvalue weighted by Crippen LogP contribution is -2.13. The number of halogens is 1. The van der Waals surface area contributed by atoms with Gasteiger partial charge in [-0.2, -0.15) is 0 Å². The number of aromatic nitrogens is 2. The van der Waals surface area contributed by atoms with E-state index in [1.54, 1.807) is 6.07 Å². The summed E-state index contributed by atoms with van der Waals surface area (Å²) >= 11 is 0. The van der Waals surface area contributed by atoms with Crippen molar-refractivity contribution in [3.63, 3.8) is 0 Å². The summed E-state index contributed by atoms with van der Waals surface area (Å²) in [4.78, 5) is 19.4. The molecule has 1 aromatic carbocycles. The summed E-state index contributed by atoms with van der Waals surface area (Å²) in [5.41, 5.74) is 5.92. The number of nitrogens with one attached hydrogen (secondary N) is 1. The van der Waals surface area contributed by atoms with Crippen molar-refractivity contribution in [2.24, 2.45) is 5.73 Å². The molecule has 1 aromatic heterocycles. The van der Waals surface area contributed by atoms with Gasteiger partial charge in [-0.15, -0.1) is 0 Å². The van der Waals surface area contributed by atoms with Crippen LogP contribution in [0, 0.1) is 17.7 Å². The highest BCUT2D eigenvalue weighted by Crippen LogP contribution is 2.14. The normalized spacial score (nSPS) is 9.50. The minimum atomic E-state index is -0.525. The largest absolute Gasteiger partial charge is 0.321 e. The predicted octanol–water partition coefficient (Wildman–Crippen LogP) is 1.18. The third-order valence-corrected chi connectivity index (χ3v) is 2.35. The van der Waals surface area contributed by atoms with E-state index >= 15 is 0 Å². The molecule has 0 atom stereocenters. The van der Waals surface area contributed by atoms with Crippen LogP contribution in [0.15, 0.2) is 36.8 Å². The van der Waals surface area contributed by atoms with Crippen LogP contribution in [0.25, 0.3) is 0 Å². The molecule has 0 aliphatic carbocycles. The summed E-state index contributed by atoms with van der Waals surface area (Å²) in [6, 6.07) is 4.22. The molecule has 2 rings (SSSR count). The molecule has 0 saturated heterocycles. The molecule has 1 amide bonds. The fraction of sp³-hybridized carbons (Fsp3) is 0.0714. The first-order valence-electron chi connectivity index (χ1n) is 5.76. The van der Waals surface area contributed by atoms with Crippen LogP contribution in [0.4, 0.5) is 10.1 Å². The molecular formula is C14H11FN4O. The molecule has 100 valence electrons. The van der Waals surface area contributed by atoms with Crippen molar-refractivity contribution >= 4 is 11.6 Å². The number of nitrogens with two attached hydrogens (primary N) is 1. The Kier molecular flexibility index (Phi) is 4.37. The van der Waals surface area contributed by atoms with Gasteiger partial charge in [-0.05, 0) is 18.2 Å². The molecule has 3 N–H and O–H groups in total. The number of rotatable bonds is 2. The molecule has 0 aliphatic rings. The standard InChI is InChI=1S/C14H11FN4O/c15-12-8-11(4-3-10(12)2-1-5-16)19-14(20)13-9-17-6-7-18-13/h3-4,6-9H,5,16H2,(H,19,20). The highest BCUT2D eigenvalue weighted by atomic mass is 19.1. The lowest BCUT2D eigenvalue weighted by atomic mass is 10.2. The SMILES string of the molecule is NCC#Cc1ccc(NC(=O)c2cnccn2)cc1F. The second kappa shape index (κ2) is 6.41. The Labute approximate surface area is 115 Å². The third kappa shape index (κ3) is 3.37. The van der Waals surface area contributed by atoms with Gasteiger partial charge in [0.15, 0.2) is 0 Å². The molecular weight excluding hydrogens is 259 g/mol. The summed E-state index contributed by atoms with van der Waals surface area (Å²) < 4.78 is 13.7. The summed E-state index contributed by atoms with van der Waals surface area (Å²) in [5, 5.41) is 2.53. The third-order valence-electron chi connectivity index (χ3n) is 2.35. The Bertz CT molecular complexity index is 677. The second-order valence-electron chi connectivity index (χ2n) is 3.75. The number of anilines is 1. The summed E-state index contributed by atoms with van der Waals surface area (Å²) in [6.07, 6.45) is 4.19. The fourth-order valence-corrected chi connectivity index (χ4v) is 1.45. The van der Waals surface area contributed by atoms with E-state index in [1.165, 1.54) is 30.7 Å². The molecule has 5 nitrogen and oxygen atoms in total. The summed E-state index contributed by atoms with van der Waals surface area (Å²) in [5.74, 6) is 4.18. The van der Waals surface area contributed by atoms with E-state index in [9.17, 15) is 9.18 Å². The fourth-order valence-electron chi connectivity index (χ4n) is 1.45. The maximum absolute atomic E-state index is 13.7. The van der Waals surface area contributed by atoms with Crippen LogP contribution >= 0.6 is 0 Å². The molecule has 6 heteroatoms. The number of nitrogens with zero attached hydrogens (tertiary/aromatic N) is 2. The van der Waals surface area contributed by atoms with Crippen molar-refractivity contribution in [2.45, 2.75) is 0 Å². The Hall–Kier alpha value is -2.78. The van der Waals surface area contributed by atoms with E-state index in [0.717, 1.165) is 0 Å². The maximum Gasteiger partial charge on any atom is 0.275 e. The van der Waals surface area contributed by atoms with E-state index in [2.05, 4.69) is 27.1 Å². The van der Waals surface area contributed by atoms with Gasteiger partial charge in [0.05, 0.1) is 18.3 Å². The van der Waals surface area contributed by atoms with Crippen LogP contribution in [-0.4, -0.2) is 22.4 Å². The molecule has 0 radical (unpaired) electrons. The van der Waals surface area contributed by atoms with Crippen LogP contribution in [0.2, 0.25) is 0 Å². The summed E-state index contributed by atoms with van der Waals surface area (Å²) in [6.45, 7) is 0.157. The lowest BCUT2D eigenvalue weighted by Gasteiger charge is -2.05. The maximum atomic E-state index is 13.7. The molecule has 0 saturated carbocycles. The monoisotopic (exact) mass is 270 g/mol. The van der Waals surface area contributed by atoms with Crippen LogP contribution in [0.3, 0.4) is 0 Å². The van der Waals surface area contributed by atoms with Gasteiger partial charge in [0.25, 0.3) is 5.91 Å². The average molecular weight is 270 g/mol. The van der Waals surface area contributed by atoms with Crippen molar-refractivity contribution < 1.29 is 9.18 Å². The van der Waals surface area contributed by atoms with Gasteiger partial charge in [-0.1, -0.05) is 11.8 Å². The number of carbonyl (C=O) groups excluding carboxylic acids is 1. The van der Waals surface area contributed by atoms with Crippen LogP contribution < -0.4 is 11.1 Å². The van der Waals surface area contributed by atoms with E-state index < -0.39 is 11.7 Å². The smallest absolute Gasteiger partial charge is 0.275 e. The van der Waals surface area contributed by atoms with Gasteiger partial charge in [-0.3, -0.25) is 9.78 Å². The molecule has 20 heavy (non-hydrogen) atoms. The second-order valence-corrected chi connectivity index (χ2v) is 3.75. The van der Waals surface area contributed by atoms with Crippen molar-refractivity contribution in [2.75, 3.05) is 11.9 Å². The average Bonchev–Trinajstić information content (AvgIpc) is 2.47. The van der Waals surface area contributed by atoms with Gasteiger partial charge in [0, 0.05) is 18.1 Å². The Morgan fingerprint density at radius 1 is 1.40 bits per heavy atom. The van der Waals surface area contributed by atoms with Crippen molar-refractivity contribution in [3.8, 4) is 11.8 Å². The number of hydrogen-bond donors (Lipinski definition) is 2. The molecule has 0 fully saturated rings. The van der Waals surface area contributed by atoms with Crippen LogP contribution in [0.1, 0.15) is 16.1 Å². The van der Waals surface area contributed by atoms with Gasteiger partial charge in [0.2, 0.25) is 0 Å². The highest BCUT2D eigenvalue weighted by molar-refractivity contribution is 6.02. The van der Waals surface area contributed by atoms with E-state index in [4.69, 9.17) is 5.73 Å². The van der Waals surface area contributed by atoms with Gasteiger partial charge in [-0.25, -0.2) is 9.37 Å². The first-order chi connectivity index (χ1) is 9.70. The van der Waals surface area contributed by atoms with Crippen LogP contribution in [-0.2, 0) is 0 Å². The lowest BCUT2D eigenvalue weighted by molar-refractivity contribution is 0.102. The van der Waals surface area contributed by atoms with E-state index in [0.29, 0.717) is 5.69 Å². The van der Waals surface area contributed by atoms with Gasteiger partial charge >= 0.3 is 0 Å². The minimum absolute atomic E-state index is 0.153.